The summed E-state index contributed by atoms with van der Waals surface area (Å²) in [5.74, 6) is 0.931. The Morgan fingerprint density at radius 1 is 1.24 bits per heavy atom. The Hall–Kier alpha value is -2.43. The number of ether oxygens (including phenoxy) is 1. The number of hydrogen-bond donors (Lipinski definition) is 0. The Bertz CT molecular complexity index is 589. The largest absolute Gasteiger partial charge is 0.488 e. The van der Waals surface area contributed by atoms with Crippen LogP contribution in [0.4, 0.5) is 0 Å². The minimum absolute atomic E-state index is 0.0604. The van der Waals surface area contributed by atoms with Gasteiger partial charge in [0.1, 0.15) is 11.9 Å². The summed E-state index contributed by atoms with van der Waals surface area (Å²) in [5, 5.41) is 0. The number of carbonyl (C=O) groups excluding carboxylic acids is 1. The van der Waals surface area contributed by atoms with E-state index in [0.717, 1.165) is 24.3 Å². The maximum Gasteiger partial charge on any atom is 0.227 e. The quantitative estimate of drug-likeness (QED) is 0.857. The zero-order valence-corrected chi connectivity index (χ0v) is 11.7. The molecule has 3 rings (SSSR count). The number of rotatable bonds is 4. The summed E-state index contributed by atoms with van der Waals surface area (Å²) in [4.78, 5) is 22.1. The Balaban J connectivity index is 1.53. The van der Waals surface area contributed by atoms with E-state index in [1.807, 2.05) is 29.2 Å². The molecule has 1 atom stereocenters. The molecule has 1 unspecified atom stereocenters. The molecule has 0 aliphatic carbocycles. The van der Waals surface area contributed by atoms with Gasteiger partial charge in [0.15, 0.2) is 0 Å². The average molecular weight is 283 g/mol. The third-order valence-corrected chi connectivity index (χ3v) is 3.53. The molecule has 1 aliphatic heterocycles. The standard InChI is InChI=1S/C16H17N3O2/c20-16(10-13-2-1-6-18-11-13)19-9-5-15(12-19)21-14-3-7-17-8-4-14/h1-4,6-8,11,15H,5,9-10,12H2. The van der Waals surface area contributed by atoms with E-state index in [0.29, 0.717) is 13.0 Å². The second kappa shape index (κ2) is 6.35. The fourth-order valence-electron chi connectivity index (χ4n) is 2.45. The van der Waals surface area contributed by atoms with Crippen LogP contribution in [0.5, 0.6) is 5.75 Å². The van der Waals surface area contributed by atoms with E-state index >= 15 is 0 Å². The van der Waals surface area contributed by atoms with Gasteiger partial charge in [0.05, 0.1) is 13.0 Å². The topological polar surface area (TPSA) is 55.3 Å². The normalized spacial score (nSPS) is 17.7. The molecule has 2 aromatic heterocycles. The number of pyridine rings is 2. The van der Waals surface area contributed by atoms with Gasteiger partial charge in [-0.05, 0) is 23.8 Å². The molecule has 0 aromatic carbocycles. The summed E-state index contributed by atoms with van der Waals surface area (Å²) in [6, 6.07) is 7.44. The molecule has 1 saturated heterocycles. The third-order valence-electron chi connectivity index (χ3n) is 3.53. The van der Waals surface area contributed by atoms with Crippen molar-refractivity contribution in [3.63, 3.8) is 0 Å². The molecule has 0 radical (unpaired) electrons. The lowest BCUT2D eigenvalue weighted by molar-refractivity contribution is -0.129. The molecular weight excluding hydrogens is 266 g/mol. The zero-order chi connectivity index (χ0) is 14.5. The zero-order valence-electron chi connectivity index (χ0n) is 11.7. The molecule has 0 bridgehead atoms. The second-order valence-electron chi connectivity index (χ2n) is 5.09. The summed E-state index contributed by atoms with van der Waals surface area (Å²) < 4.78 is 5.86. The minimum atomic E-state index is 0.0604. The van der Waals surface area contributed by atoms with E-state index in [1.54, 1.807) is 24.8 Å². The van der Waals surface area contributed by atoms with Crippen LogP contribution in [0.3, 0.4) is 0 Å². The van der Waals surface area contributed by atoms with Crippen molar-refractivity contribution in [3.05, 3.63) is 54.6 Å². The van der Waals surface area contributed by atoms with E-state index < -0.39 is 0 Å². The van der Waals surface area contributed by atoms with Gasteiger partial charge in [0.25, 0.3) is 0 Å². The summed E-state index contributed by atoms with van der Waals surface area (Å²) in [5.41, 5.74) is 0.945. The summed E-state index contributed by atoms with van der Waals surface area (Å²) in [6.45, 7) is 1.39. The van der Waals surface area contributed by atoms with Crippen molar-refractivity contribution in [3.8, 4) is 5.75 Å². The van der Waals surface area contributed by atoms with E-state index in [4.69, 9.17) is 4.74 Å². The van der Waals surface area contributed by atoms with Crippen LogP contribution in [-0.2, 0) is 11.2 Å². The highest BCUT2D eigenvalue weighted by Gasteiger charge is 2.27. The predicted octanol–water partition coefficient (Wildman–Crippen LogP) is 1.70. The Morgan fingerprint density at radius 2 is 2.10 bits per heavy atom. The molecule has 1 amide bonds. The van der Waals surface area contributed by atoms with Gasteiger partial charge in [-0.15, -0.1) is 0 Å². The second-order valence-corrected chi connectivity index (χ2v) is 5.09. The van der Waals surface area contributed by atoms with Crippen LogP contribution in [0.15, 0.2) is 49.1 Å². The molecule has 0 spiro atoms. The average Bonchev–Trinajstić information content (AvgIpc) is 2.98. The summed E-state index contributed by atoms with van der Waals surface area (Å²) in [6.07, 6.45) is 8.17. The van der Waals surface area contributed by atoms with Crippen molar-refractivity contribution in [2.75, 3.05) is 13.1 Å². The van der Waals surface area contributed by atoms with Crippen molar-refractivity contribution >= 4 is 5.91 Å². The lowest BCUT2D eigenvalue weighted by Crippen LogP contribution is -2.32. The maximum absolute atomic E-state index is 12.2. The fourth-order valence-corrected chi connectivity index (χ4v) is 2.45. The van der Waals surface area contributed by atoms with Crippen LogP contribution in [0.25, 0.3) is 0 Å². The lowest BCUT2D eigenvalue weighted by Gasteiger charge is -2.17. The van der Waals surface area contributed by atoms with E-state index in [-0.39, 0.29) is 12.0 Å². The van der Waals surface area contributed by atoms with Crippen LogP contribution in [0.2, 0.25) is 0 Å². The van der Waals surface area contributed by atoms with Crippen LogP contribution < -0.4 is 4.74 Å². The van der Waals surface area contributed by atoms with Gasteiger partial charge in [-0.2, -0.15) is 0 Å². The van der Waals surface area contributed by atoms with E-state index in [1.165, 1.54) is 0 Å². The fraction of sp³-hybridized carbons (Fsp3) is 0.312. The maximum atomic E-state index is 12.2. The van der Waals surface area contributed by atoms with Gasteiger partial charge in [-0.3, -0.25) is 14.8 Å². The number of likely N-dealkylation sites (tertiary alicyclic amines) is 1. The van der Waals surface area contributed by atoms with Crippen molar-refractivity contribution in [2.24, 2.45) is 0 Å². The molecule has 108 valence electrons. The molecule has 3 heterocycles. The summed E-state index contributed by atoms with van der Waals surface area (Å²) >= 11 is 0. The van der Waals surface area contributed by atoms with Crippen LogP contribution in [-0.4, -0.2) is 40.0 Å². The number of aromatic nitrogens is 2. The van der Waals surface area contributed by atoms with Gasteiger partial charge in [-0.1, -0.05) is 6.07 Å². The van der Waals surface area contributed by atoms with Crippen LogP contribution in [0.1, 0.15) is 12.0 Å². The van der Waals surface area contributed by atoms with Gasteiger partial charge in [0, 0.05) is 37.8 Å². The Kier molecular flexibility index (Phi) is 4.09. The van der Waals surface area contributed by atoms with Crippen LogP contribution >= 0.6 is 0 Å². The third kappa shape index (κ3) is 3.56. The van der Waals surface area contributed by atoms with Crippen molar-refractivity contribution < 1.29 is 9.53 Å². The van der Waals surface area contributed by atoms with Crippen LogP contribution in [0, 0.1) is 0 Å². The highest BCUT2D eigenvalue weighted by Crippen LogP contribution is 2.18. The first kappa shape index (κ1) is 13.5. The molecule has 0 saturated carbocycles. The molecule has 1 fully saturated rings. The lowest BCUT2D eigenvalue weighted by atomic mass is 10.2. The molecule has 0 N–H and O–H groups in total. The van der Waals surface area contributed by atoms with Crippen molar-refractivity contribution in [1.29, 1.82) is 0 Å². The number of nitrogens with zero attached hydrogens (tertiary/aromatic N) is 3. The monoisotopic (exact) mass is 283 g/mol. The highest BCUT2D eigenvalue weighted by molar-refractivity contribution is 5.79. The van der Waals surface area contributed by atoms with Crippen molar-refractivity contribution in [1.82, 2.24) is 14.9 Å². The molecule has 1 aliphatic rings. The first-order valence-electron chi connectivity index (χ1n) is 7.04. The molecule has 5 heteroatoms. The number of amides is 1. The van der Waals surface area contributed by atoms with Gasteiger partial charge in [-0.25, -0.2) is 0 Å². The predicted molar refractivity (Wildman–Crippen MR) is 77.8 cm³/mol. The van der Waals surface area contributed by atoms with E-state index in [9.17, 15) is 4.79 Å². The molecular formula is C16H17N3O2. The van der Waals surface area contributed by atoms with E-state index in [2.05, 4.69) is 9.97 Å². The SMILES string of the molecule is O=C(Cc1cccnc1)N1CCC(Oc2ccncc2)C1. The van der Waals surface area contributed by atoms with Crippen molar-refractivity contribution in [2.45, 2.75) is 18.9 Å². The van der Waals surface area contributed by atoms with Gasteiger partial charge >= 0.3 is 0 Å². The number of carbonyl (C=O) groups is 1. The molecule has 21 heavy (non-hydrogen) atoms. The first-order valence-corrected chi connectivity index (χ1v) is 7.04. The highest BCUT2D eigenvalue weighted by atomic mass is 16.5. The smallest absolute Gasteiger partial charge is 0.227 e. The van der Waals surface area contributed by atoms with Gasteiger partial charge < -0.3 is 9.64 Å². The Labute approximate surface area is 123 Å². The minimum Gasteiger partial charge on any atom is -0.488 e. The summed E-state index contributed by atoms with van der Waals surface area (Å²) in [7, 11) is 0. The number of hydrogen-bond acceptors (Lipinski definition) is 4. The Morgan fingerprint density at radius 3 is 2.86 bits per heavy atom. The first-order chi connectivity index (χ1) is 10.3. The van der Waals surface area contributed by atoms with Gasteiger partial charge in [0.2, 0.25) is 5.91 Å². The molecule has 2 aromatic rings. The molecule has 5 nitrogen and oxygen atoms in total.